The van der Waals surface area contributed by atoms with Gasteiger partial charge in [0.1, 0.15) is 10.7 Å². The van der Waals surface area contributed by atoms with Crippen LogP contribution in [0.25, 0.3) is 11.0 Å². The van der Waals surface area contributed by atoms with Gasteiger partial charge in [-0.2, -0.15) is 0 Å². The molecular formula is C12H9ClN2O3. The lowest BCUT2D eigenvalue weighted by Gasteiger charge is -2.19. The Morgan fingerprint density at radius 3 is 3.06 bits per heavy atom. The van der Waals surface area contributed by atoms with Crippen molar-refractivity contribution < 1.29 is 14.0 Å². The minimum atomic E-state index is -0.369. The molecule has 3 heterocycles. The smallest absolute Gasteiger partial charge is 0.234 e. The van der Waals surface area contributed by atoms with Crippen LogP contribution in [0.15, 0.2) is 22.9 Å². The van der Waals surface area contributed by atoms with Crippen LogP contribution in [-0.2, 0) is 9.59 Å². The molecule has 5 nitrogen and oxygen atoms in total. The van der Waals surface area contributed by atoms with E-state index in [2.05, 4.69) is 10.3 Å². The zero-order chi connectivity index (χ0) is 12.7. The number of halogens is 1. The molecule has 1 unspecified atom stereocenters. The maximum Gasteiger partial charge on any atom is 0.234 e. The molecule has 1 N–H and O–H groups in total. The van der Waals surface area contributed by atoms with Gasteiger partial charge in [0.05, 0.1) is 12.2 Å². The minimum absolute atomic E-state index is 0.231. The van der Waals surface area contributed by atoms with Crippen molar-refractivity contribution in [1.29, 1.82) is 0 Å². The molecule has 1 aliphatic heterocycles. The number of amides is 2. The number of carbonyl (C=O) groups excluding carboxylic acids is 2. The van der Waals surface area contributed by atoms with Gasteiger partial charge in [0.15, 0.2) is 0 Å². The first-order valence-corrected chi connectivity index (χ1v) is 5.89. The van der Waals surface area contributed by atoms with E-state index in [4.69, 9.17) is 16.0 Å². The highest BCUT2D eigenvalue weighted by Crippen LogP contribution is 2.32. The molecule has 2 amide bonds. The molecule has 0 bridgehead atoms. The zero-order valence-corrected chi connectivity index (χ0v) is 10.0. The van der Waals surface area contributed by atoms with Crippen LogP contribution < -0.4 is 5.32 Å². The van der Waals surface area contributed by atoms with Crippen LogP contribution in [0, 0.1) is 0 Å². The topological polar surface area (TPSA) is 72.2 Å². The highest BCUT2D eigenvalue weighted by Gasteiger charge is 2.30. The number of hydrogen-bond donors (Lipinski definition) is 1. The Morgan fingerprint density at radius 2 is 2.28 bits per heavy atom. The van der Waals surface area contributed by atoms with E-state index < -0.39 is 0 Å². The first-order chi connectivity index (χ1) is 8.65. The van der Waals surface area contributed by atoms with E-state index in [1.807, 2.05) is 0 Å². The second-order valence-electron chi connectivity index (χ2n) is 4.20. The number of aromatic nitrogens is 1. The molecule has 0 aliphatic carbocycles. The Kier molecular flexibility index (Phi) is 2.56. The molecule has 0 spiro atoms. The summed E-state index contributed by atoms with van der Waals surface area (Å²) in [7, 11) is 0. The van der Waals surface area contributed by atoms with E-state index in [0.29, 0.717) is 23.6 Å². The third kappa shape index (κ3) is 1.76. The molecule has 0 aromatic carbocycles. The maximum atomic E-state index is 11.8. The van der Waals surface area contributed by atoms with E-state index in [1.165, 1.54) is 6.26 Å². The Hall–Kier alpha value is -1.88. The lowest BCUT2D eigenvalue weighted by atomic mass is 9.91. The number of nitrogens with zero attached hydrogens (tertiary/aromatic N) is 1. The van der Waals surface area contributed by atoms with Gasteiger partial charge in [-0.05, 0) is 6.42 Å². The van der Waals surface area contributed by atoms with Gasteiger partial charge >= 0.3 is 0 Å². The number of rotatable bonds is 1. The van der Waals surface area contributed by atoms with Gasteiger partial charge in [0, 0.05) is 29.6 Å². The molecule has 0 radical (unpaired) electrons. The molecule has 2 aromatic heterocycles. The van der Waals surface area contributed by atoms with E-state index in [1.54, 1.807) is 12.3 Å². The van der Waals surface area contributed by atoms with Gasteiger partial charge in [-0.3, -0.25) is 14.9 Å². The predicted octanol–water partition coefficient (Wildman–Crippen LogP) is 2.00. The molecule has 18 heavy (non-hydrogen) atoms. The first-order valence-electron chi connectivity index (χ1n) is 5.51. The highest BCUT2D eigenvalue weighted by molar-refractivity contribution is 6.30. The third-order valence-corrected chi connectivity index (χ3v) is 3.28. The van der Waals surface area contributed by atoms with Crippen molar-refractivity contribution in [3.63, 3.8) is 0 Å². The van der Waals surface area contributed by atoms with Crippen LogP contribution in [0.4, 0.5) is 0 Å². The monoisotopic (exact) mass is 264 g/mol. The van der Waals surface area contributed by atoms with Crippen LogP contribution in [-0.4, -0.2) is 16.8 Å². The lowest BCUT2D eigenvalue weighted by Crippen LogP contribution is -2.39. The number of nitrogens with one attached hydrogen (secondary N) is 1. The maximum absolute atomic E-state index is 11.8. The second-order valence-corrected chi connectivity index (χ2v) is 4.59. The van der Waals surface area contributed by atoms with Crippen molar-refractivity contribution in [3.8, 4) is 0 Å². The average Bonchev–Trinajstić information content (AvgIpc) is 2.72. The predicted molar refractivity (Wildman–Crippen MR) is 64.1 cm³/mol. The summed E-state index contributed by atoms with van der Waals surface area (Å²) in [5, 5.41) is 3.43. The summed E-state index contributed by atoms with van der Waals surface area (Å²) in [6.45, 7) is 0. The molecular weight excluding hydrogens is 256 g/mol. The van der Waals surface area contributed by atoms with Gasteiger partial charge in [0.25, 0.3) is 0 Å². The lowest BCUT2D eigenvalue weighted by molar-refractivity contribution is -0.134. The number of fused-ring (bicyclic) bond motifs is 1. The molecule has 2 aromatic rings. The summed E-state index contributed by atoms with van der Waals surface area (Å²) in [6, 6.07) is 1.60. The fourth-order valence-corrected chi connectivity index (χ4v) is 2.33. The molecule has 1 atom stereocenters. The van der Waals surface area contributed by atoms with Crippen LogP contribution >= 0.6 is 11.6 Å². The fraction of sp³-hybridized carbons (Fsp3) is 0.250. The van der Waals surface area contributed by atoms with E-state index in [0.717, 1.165) is 10.9 Å². The largest absolute Gasteiger partial charge is 0.464 e. The minimum Gasteiger partial charge on any atom is -0.464 e. The summed E-state index contributed by atoms with van der Waals surface area (Å²) >= 11 is 5.77. The fourth-order valence-electron chi connectivity index (χ4n) is 2.18. The van der Waals surface area contributed by atoms with Gasteiger partial charge in [-0.25, -0.2) is 4.98 Å². The quantitative estimate of drug-likeness (QED) is 0.632. The SMILES string of the molecule is O=C1CCC(c2coc3cc(Cl)ncc23)C(=O)N1. The van der Waals surface area contributed by atoms with Crippen LogP contribution in [0.2, 0.25) is 5.15 Å². The van der Waals surface area contributed by atoms with Crippen molar-refractivity contribution in [1.82, 2.24) is 10.3 Å². The molecule has 0 saturated carbocycles. The van der Waals surface area contributed by atoms with Crippen LogP contribution in [0.1, 0.15) is 24.3 Å². The normalized spacial score (nSPS) is 20.2. The molecule has 1 fully saturated rings. The van der Waals surface area contributed by atoms with E-state index in [9.17, 15) is 9.59 Å². The second kappa shape index (κ2) is 4.10. The highest BCUT2D eigenvalue weighted by atomic mass is 35.5. The van der Waals surface area contributed by atoms with Crippen molar-refractivity contribution >= 4 is 34.4 Å². The Labute approximate surface area is 107 Å². The van der Waals surface area contributed by atoms with Crippen molar-refractivity contribution in [3.05, 3.63) is 29.2 Å². The summed E-state index contributed by atoms with van der Waals surface area (Å²) in [5.74, 6) is -0.888. The number of hydrogen-bond acceptors (Lipinski definition) is 4. The van der Waals surface area contributed by atoms with Gasteiger partial charge < -0.3 is 4.42 Å². The van der Waals surface area contributed by atoms with Crippen molar-refractivity contribution in [2.45, 2.75) is 18.8 Å². The molecule has 3 rings (SSSR count). The Balaban J connectivity index is 2.04. The zero-order valence-electron chi connectivity index (χ0n) is 9.27. The van der Waals surface area contributed by atoms with E-state index >= 15 is 0 Å². The Morgan fingerprint density at radius 1 is 1.44 bits per heavy atom. The van der Waals surface area contributed by atoms with Gasteiger partial charge in [-0.1, -0.05) is 11.6 Å². The summed E-state index contributed by atoms with van der Waals surface area (Å²) in [5.41, 5.74) is 1.34. The third-order valence-electron chi connectivity index (χ3n) is 3.07. The van der Waals surface area contributed by atoms with Crippen LogP contribution in [0.5, 0.6) is 0 Å². The van der Waals surface area contributed by atoms with Crippen molar-refractivity contribution in [2.75, 3.05) is 0 Å². The van der Waals surface area contributed by atoms with Gasteiger partial charge in [-0.15, -0.1) is 0 Å². The van der Waals surface area contributed by atoms with Gasteiger partial charge in [0.2, 0.25) is 11.8 Å². The number of pyridine rings is 1. The summed E-state index contributed by atoms with van der Waals surface area (Å²) in [4.78, 5) is 26.9. The molecule has 1 saturated heterocycles. The van der Waals surface area contributed by atoms with Crippen LogP contribution in [0.3, 0.4) is 0 Å². The standard InChI is InChI=1S/C12H9ClN2O3/c13-10-3-9-7(4-14-10)8(5-18-9)6-1-2-11(16)15-12(6)17/h3-6H,1-2H2,(H,15,16,17). The molecule has 6 heteroatoms. The number of furan rings is 1. The number of piperidine rings is 1. The van der Waals surface area contributed by atoms with E-state index in [-0.39, 0.29) is 17.7 Å². The summed E-state index contributed by atoms with van der Waals surface area (Å²) in [6.07, 6.45) is 3.94. The average molecular weight is 265 g/mol. The number of carbonyl (C=O) groups is 2. The van der Waals surface area contributed by atoms with Crippen molar-refractivity contribution in [2.24, 2.45) is 0 Å². The summed E-state index contributed by atoms with van der Waals surface area (Å²) < 4.78 is 5.37. The molecule has 92 valence electrons. The Bertz CT molecular complexity index is 650. The first kappa shape index (κ1) is 11.2. The molecule has 1 aliphatic rings. The number of imide groups is 1.